The van der Waals surface area contributed by atoms with Crippen LogP contribution in [0.15, 0.2) is 54.7 Å². The number of nitrogens with one attached hydrogen (secondary N) is 2. The average molecular weight is 490 g/mol. The number of fused-ring (bicyclic) bond motifs is 1. The molecule has 0 aliphatic rings. The number of terminal acetylenes is 1. The largest absolute Gasteiger partial charge is 0.493 e. The normalized spacial score (nSPS) is 10.8. The van der Waals surface area contributed by atoms with Gasteiger partial charge in [-0.2, -0.15) is 0 Å². The van der Waals surface area contributed by atoms with Crippen molar-refractivity contribution in [2.45, 2.75) is 33.1 Å². The predicted molar refractivity (Wildman–Crippen MR) is 146 cm³/mol. The fraction of sp³-hybridized carbons (Fsp3) is 0.194. The van der Waals surface area contributed by atoms with E-state index in [-0.39, 0.29) is 11.0 Å². The zero-order chi connectivity index (χ0) is 26.7. The summed E-state index contributed by atoms with van der Waals surface area (Å²) in [6, 6.07) is 20.2. The molecule has 0 radical (unpaired) electrons. The Bertz CT molecular complexity index is 1560. The molecule has 1 amide bonds. The Morgan fingerprint density at radius 1 is 1.08 bits per heavy atom. The molecule has 2 N–H and O–H groups in total. The van der Waals surface area contributed by atoms with Crippen molar-refractivity contribution >= 4 is 39.5 Å². The number of carbonyl (C=O) groups is 2. The maximum absolute atomic E-state index is 13.4. The van der Waals surface area contributed by atoms with Gasteiger partial charge in [0, 0.05) is 39.6 Å². The van der Waals surface area contributed by atoms with E-state index >= 15 is 0 Å². The van der Waals surface area contributed by atoms with Gasteiger partial charge in [-0.1, -0.05) is 38.8 Å². The van der Waals surface area contributed by atoms with Crippen LogP contribution >= 0.6 is 0 Å². The second-order valence-corrected chi connectivity index (χ2v) is 9.65. The van der Waals surface area contributed by atoms with Crippen LogP contribution in [-0.4, -0.2) is 23.8 Å². The fourth-order valence-corrected chi connectivity index (χ4v) is 4.03. The van der Waals surface area contributed by atoms with Gasteiger partial charge >= 0.3 is 0 Å². The number of rotatable bonds is 6. The second-order valence-electron chi connectivity index (χ2n) is 9.65. The first kappa shape index (κ1) is 25.3. The van der Waals surface area contributed by atoms with Gasteiger partial charge in [0.2, 0.25) is 0 Å². The van der Waals surface area contributed by atoms with Crippen molar-refractivity contribution in [3.05, 3.63) is 89.2 Å². The molecule has 0 bridgehead atoms. The molecular weight excluding hydrogens is 462 g/mol. The smallest absolute Gasteiger partial charge is 0.296 e. The number of pyridine rings is 1. The SMILES string of the molecule is C#Cc1cc(C(C)(C)C)cc(NC(=O)C(=O)c2ccc(Nc3ccnc(C)c3)c3ccc#cc23)c1OC. The monoisotopic (exact) mass is 489 g/mol. The van der Waals surface area contributed by atoms with Crippen LogP contribution in [0.3, 0.4) is 0 Å². The van der Waals surface area contributed by atoms with E-state index in [2.05, 4.69) is 33.7 Å². The van der Waals surface area contributed by atoms with Gasteiger partial charge in [0.05, 0.1) is 18.4 Å². The topological polar surface area (TPSA) is 80.3 Å². The Morgan fingerprint density at radius 3 is 2.54 bits per heavy atom. The molecule has 3 aromatic carbocycles. The molecule has 4 rings (SSSR count). The lowest BCUT2D eigenvalue weighted by Gasteiger charge is -2.22. The van der Waals surface area contributed by atoms with Crippen molar-refractivity contribution in [3.63, 3.8) is 0 Å². The van der Waals surface area contributed by atoms with Crippen molar-refractivity contribution in [3.8, 4) is 18.1 Å². The van der Waals surface area contributed by atoms with Crippen LogP contribution in [0.4, 0.5) is 17.1 Å². The van der Waals surface area contributed by atoms with E-state index in [4.69, 9.17) is 11.2 Å². The van der Waals surface area contributed by atoms with Gasteiger partial charge in [-0.05, 0) is 66.4 Å². The lowest BCUT2D eigenvalue weighted by Crippen LogP contribution is -2.24. The minimum Gasteiger partial charge on any atom is -0.493 e. The number of ketones is 1. The third-order valence-corrected chi connectivity index (χ3v) is 5.97. The molecule has 184 valence electrons. The van der Waals surface area contributed by atoms with Gasteiger partial charge in [0.15, 0.2) is 5.75 Å². The lowest BCUT2D eigenvalue weighted by atomic mass is 9.85. The number of carbonyl (C=O) groups excluding carboxylic acids is 2. The van der Waals surface area contributed by atoms with Crippen molar-refractivity contribution < 1.29 is 14.3 Å². The minimum atomic E-state index is -0.809. The molecule has 0 atom stereocenters. The van der Waals surface area contributed by atoms with E-state index < -0.39 is 11.7 Å². The van der Waals surface area contributed by atoms with Crippen LogP contribution in [0.2, 0.25) is 0 Å². The van der Waals surface area contributed by atoms with Gasteiger partial charge in [-0.15, -0.1) is 6.42 Å². The zero-order valence-corrected chi connectivity index (χ0v) is 21.4. The van der Waals surface area contributed by atoms with E-state index in [1.165, 1.54) is 7.11 Å². The number of nitrogens with zero attached hydrogens (tertiary/aromatic N) is 1. The molecular formula is C31H27N3O3. The molecule has 0 spiro atoms. The van der Waals surface area contributed by atoms with Crippen LogP contribution in [-0.2, 0) is 10.2 Å². The molecule has 4 aromatic rings. The number of benzene rings is 2. The van der Waals surface area contributed by atoms with E-state index in [9.17, 15) is 9.59 Å². The third-order valence-electron chi connectivity index (χ3n) is 5.97. The molecule has 0 fully saturated rings. The zero-order valence-electron chi connectivity index (χ0n) is 21.4. The molecule has 6 heteroatoms. The van der Waals surface area contributed by atoms with Crippen molar-refractivity contribution in [2.24, 2.45) is 0 Å². The molecule has 37 heavy (non-hydrogen) atoms. The highest BCUT2D eigenvalue weighted by atomic mass is 16.5. The molecule has 0 aliphatic carbocycles. The van der Waals surface area contributed by atoms with Gasteiger partial charge in [0.25, 0.3) is 11.7 Å². The second kappa shape index (κ2) is 10.0. The Balaban J connectivity index is 1.70. The molecule has 0 saturated carbocycles. The summed E-state index contributed by atoms with van der Waals surface area (Å²) in [5.41, 5.74) is 4.20. The summed E-state index contributed by atoms with van der Waals surface area (Å²) in [4.78, 5) is 30.8. The van der Waals surface area contributed by atoms with E-state index in [0.29, 0.717) is 22.4 Å². The van der Waals surface area contributed by atoms with Gasteiger partial charge in [-0.25, -0.2) is 0 Å². The Kier molecular flexibility index (Phi) is 6.87. The summed E-state index contributed by atoms with van der Waals surface area (Å²) >= 11 is 0. The molecule has 0 aliphatic heterocycles. The first-order valence-electron chi connectivity index (χ1n) is 11.7. The third kappa shape index (κ3) is 5.24. The fourth-order valence-electron chi connectivity index (χ4n) is 4.03. The number of amides is 1. The summed E-state index contributed by atoms with van der Waals surface area (Å²) < 4.78 is 5.48. The van der Waals surface area contributed by atoms with Gasteiger partial charge in [0.1, 0.15) is 0 Å². The van der Waals surface area contributed by atoms with Crippen molar-refractivity contribution in [1.29, 1.82) is 0 Å². The van der Waals surface area contributed by atoms with Gasteiger partial charge in [-0.3, -0.25) is 14.6 Å². The van der Waals surface area contributed by atoms with Crippen molar-refractivity contribution in [2.75, 3.05) is 17.7 Å². The van der Waals surface area contributed by atoms with E-state index in [0.717, 1.165) is 28.0 Å². The number of hydrogen-bond donors (Lipinski definition) is 2. The highest BCUT2D eigenvalue weighted by molar-refractivity contribution is 6.48. The van der Waals surface area contributed by atoms with E-state index in [1.54, 1.807) is 30.5 Å². The standard InChI is InChI=1S/C31H27N3O3/c1-7-20-17-21(31(3,4)5)18-27(29(20)37-6)34-30(36)28(35)25-12-13-26(24-11-9-8-10-23(24)25)33-22-14-15-32-19(2)16-22/h1,9,11-18H,2-6H3,(H,32,33)(H,34,36). The number of ether oxygens (including phenoxy) is 1. The van der Waals surface area contributed by atoms with Crippen LogP contribution in [0.5, 0.6) is 5.75 Å². The quantitative estimate of drug-likeness (QED) is 0.197. The first-order valence-corrected chi connectivity index (χ1v) is 11.7. The maximum atomic E-state index is 13.4. The maximum Gasteiger partial charge on any atom is 0.296 e. The van der Waals surface area contributed by atoms with Crippen LogP contribution < -0.4 is 15.4 Å². The van der Waals surface area contributed by atoms with Crippen LogP contribution in [0.1, 0.15) is 48.0 Å². The number of aromatic nitrogens is 1. The van der Waals surface area contributed by atoms with Crippen LogP contribution in [0.25, 0.3) is 10.8 Å². The molecule has 1 aromatic heterocycles. The van der Waals surface area contributed by atoms with E-state index in [1.807, 2.05) is 52.0 Å². The first-order chi connectivity index (χ1) is 17.6. The number of anilines is 3. The number of aryl methyl sites for hydroxylation is 1. The number of methoxy groups -OCH3 is 1. The summed E-state index contributed by atoms with van der Waals surface area (Å²) in [7, 11) is 1.47. The number of Topliss-reactive ketones (excluding diaryl/α,β-unsaturated/α-hetero) is 1. The van der Waals surface area contributed by atoms with Crippen LogP contribution in [0, 0.1) is 31.4 Å². The highest BCUT2D eigenvalue weighted by Gasteiger charge is 2.24. The highest BCUT2D eigenvalue weighted by Crippen LogP contribution is 2.35. The summed E-state index contributed by atoms with van der Waals surface area (Å²) in [6.07, 6.45) is 7.42. The Morgan fingerprint density at radius 2 is 1.86 bits per heavy atom. The molecule has 0 saturated heterocycles. The molecule has 0 unspecified atom stereocenters. The van der Waals surface area contributed by atoms with Gasteiger partial charge < -0.3 is 15.4 Å². The Hall–Kier alpha value is -4.81. The molecule has 6 nitrogen and oxygen atoms in total. The average Bonchev–Trinajstić information content (AvgIpc) is 2.87. The minimum absolute atomic E-state index is 0.212. The number of hydrogen-bond acceptors (Lipinski definition) is 5. The summed E-state index contributed by atoms with van der Waals surface area (Å²) in [6.45, 7) is 8.01. The Labute approximate surface area is 217 Å². The predicted octanol–water partition coefficient (Wildman–Crippen LogP) is 6.00. The summed E-state index contributed by atoms with van der Waals surface area (Å²) in [5, 5.41) is 7.28. The lowest BCUT2D eigenvalue weighted by molar-refractivity contribution is -0.112. The summed E-state index contributed by atoms with van der Waals surface area (Å²) in [5.74, 6) is 1.41. The van der Waals surface area contributed by atoms with Crippen molar-refractivity contribution in [1.82, 2.24) is 4.98 Å². The molecule has 1 heterocycles.